The van der Waals surface area contributed by atoms with Gasteiger partial charge in [-0.3, -0.25) is 9.59 Å². The lowest BCUT2D eigenvalue weighted by atomic mass is 10.1. The molecule has 0 bridgehead atoms. The van der Waals surface area contributed by atoms with Crippen LogP contribution in [-0.2, 0) is 14.3 Å². The average Bonchev–Trinajstić information content (AvgIpc) is 2.51. The molecule has 0 unspecified atom stereocenters. The minimum absolute atomic E-state index is 0.00520. The number of carbonyl (C=O) groups excluding carboxylic acids is 2. The Balaban J connectivity index is 3.32. The Hall–Kier alpha value is -1.09. The molecule has 26 heavy (non-hydrogen) atoms. The molecular weight excluding hydrogens is 376 g/mol. The lowest BCUT2D eigenvalue weighted by Crippen LogP contribution is -2.32. The van der Waals surface area contributed by atoms with Crippen LogP contribution in [0.2, 0.25) is 0 Å². The van der Waals surface area contributed by atoms with Crippen molar-refractivity contribution in [2.75, 3.05) is 24.6 Å². The standard InChI is InChI=1S/C17H32N2O5S2/c1-17(2,3)24-16(23)19-11-9-7-5-4-6-8-10-18-14(20)12-25-26-13-15(21)22/h4-13H2,1-3H3,(H,18,20)(H,19,23)(H,21,22). The van der Waals surface area contributed by atoms with Gasteiger partial charge in [-0.25, -0.2) is 4.79 Å². The van der Waals surface area contributed by atoms with Crippen LogP contribution in [0.1, 0.15) is 59.3 Å². The van der Waals surface area contributed by atoms with Crippen molar-refractivity contribution in [1.29, 1.82) is 0 Å². The number of aliphatic carboxylic acids is 1. The second-order valence-corrected chi connectivity index (χ2v) is 9.28. The predicted molar refractivity (Wildman–Crippen MR) is 108 cm³/mol. The van der Waals surface area contributed by atoms with Gasteiger partial charge in [-0.05, 0) is 33.6 Å². The fourth-order valence-electron chi connectivity index (χ4n) is 1.93. The van der Waals surface area contributed by atoms with Crippen molar-refractivity contribution in [3.63, 3.8) is 0 Å². The van der Waals surface area contributed by atoms with Gasteiger partial charge >= 0.3 is 12.1 Å². The number of ether oxygens (including phenoxy) is 1. The molecule has 0 fully saturated rings. The molecule has 0 atom stereocenters. The monoisotopic (exact) mass is 408 g/mol. The van der Waals surface area contributed by atoms with E-state index in [2.05, 4.69) is 10.6 Å². The van der Waals surface area contributed by atoms with Gasteiger partial charge in [0, 0.05) is 13.1 Å². The van der Waals surface area contributed by atoms with Crippen LogP contribution in [0.3, 0.4) is 0 Å². The number of carbonyl (C=O) groups is 3. The van der Waals surface area contributed by atoms with Gasteiger partial charge < -0.3 is 20.5 Å². The summed E-state index contributed by atoms with van der Waals surface area (Å²) in [5.41, 5.74) is -0.463. The van der Waals surface area contributed by atoms with Crippen LogP contribution < -0.4 is 10.6 Å². The van der Waals surface area contributed by atoms with Crippen LogP contribution in [0.15, 0.2) is 0 Å². The van der Waals surface area contributed by atoms with Crippen LogP contribution in [0.5, 0.6) is 0 Å². The van der Waals surface area contributed by atoms with E-state index >= 15 is 0 Å². The highest BCUT2D eigenvalue weighted by Gasteiger charge is 2.15. The topological polar surface area (TPSA) is 105 Å². The molecule has 0 aliphatic heterocycles. The molecule has 0 aliphatic rings. The number of rotatable bonds is 14. The van der Waals surface area contributed by atoms with E-state index in [1.807, 2.05) is 20.8 Å². The lowest BCUT2D eigenvalue weighted by molar-refractivity contribution is -0.133. The summed E-state index contributed by atoms with van der Waals surface area (Å²) in [7, 11) is 2.43. The highest BCUT2D eigenvalue weighted by atomic mass is 33.1. The third-order valence-corrected chi connectivity index (χ3v) is 5.17. The number of unbranched alkanes of at least 4 members (excludes halogenated alkanes) is 5. The Bertz CT molecular complexity index is 428. The van der Waals surface area contributed by atoms with E-state index in [4.69, 9.17) is 9.84 Å². The minimum Gasteiger partial charge on any atom is -0.481 e. The highest BCUT2D eigenvalue weighted by molar-refractivity contribution is 8.77. The van der Waals surface area contributed by atoms with Gasteiger partial charge in [0.2, 0.25) is 5.91 Å². The molecule has 0 heterocycles. The number of nitrogens with one attached hydrogen (secondary N) is 2. The summed E-state index contributed by atoms with van der Waals surface area (Å²) in [5, 5.41) is 14.1. The summed E-state index contributed by atoms with van der Waals surface area (Å²) >= 11 is 0. The number of amides is 2. The fraction of sp³-hybridized carbons (Fsp3) is 0.824. The van der Waals surface area contributed by atoms with Gasteiger partial charge in [-0.2, -0.15) is 0 Å². The first-order valence-electron chi connectivity index (χ1n) is 8.90. The molecule has 0 saturated heterocycles. The Morgan fingerprint density at radius 3 is 1.88 bits per heavy atom. The maximum atomic E-state index is 11.5. The summed E-state index contributed by atoms with van der Waals surface area (Å²) in [6.45, 7) is 6.80. The summed E-state index contributed by atoms with van der Waals surface area (Å²) < 4.78 is 5.16. The molecule has 0 spiro atoms. The Kier molecular flexibility index (Phi) is 14.4. The summed E-state index contributed by atoms with van der Waals surface area (Å²) in [5.74, 6) is -0.641. The molecule has 0 aromatic rings. The van der Waals surface area contributed by atoms with Crippen LogP contribution in [0.4, 0.5) is 4.79 Å². The number of hydrogen-bond acceptors (Lipinski definition) is 6. The van der Waals surface area contributed by atoms with E-state index in [9.17, 15) is 14.4 Å². The molecule has 7 nitrogen and oxygen atoms in total. The van der Waals surface area contributed by atoms with Gasteiger partial charge in [0.1, 0.15) is 11.4 Å². The second kappa shape index (κ2) is 15.0. The normalized spacial score (nSPS) is 11.0. The van der Waals surface area contributed by atoms with Crippen molar-refractivity contribution in [2.45, 2.75) is 64.9 Å². The molecule has 0 aliphatic carbocycles. The van der Waals surface area contributed by atoms with Crippen molar-refractivity contribution >= 4 is 39.6 Å². The summed E-state index contributed by atoms with van der Waals surface area (Å²) in [6.07, 6.45) is 5.82. The first-order chi connectivity index (χ1) is 12.2. The fourth-order valence-corrected chi connectivity index (χ4v) is 3.53. The third-order valence-electron chi connectivity index (χ3n) is 3.05. The van der Waals surface area contributed by atoms with Gasteiger partial charge in [0.25, 0.3) is 0 Å². The summed E-state index contributed by atoms with van der Waals surface area (Å²) in [4.78, 5) is 33.3. The zero-order valence-corrected chi connectivity index (χ0v) is 17.6. The van der Waals surface area contributed by atoms with Crippen molar-refractivity contribution in [3.05, 3.63) is 0 Å². The van der Waals surface area contributed by atoms with Gasteiger partial charge in [-0.15, -0.1) is 0 Å². The molecule has 2 amide bonds. The first kappa shape index (κ1) is 24.9. The van der Waals surface area contributed by atoms with E-state index in [0.717, 1.165) is 38.5 Å². The van der Waals surface area contributed by atoms with Crippen molar-refractivity contribution < 1.29 is 24.2 Å². The SMILES string of the molecule is CC(C)(C)OC(=O)NCCCCCCCCNC(=O)CSSCC(=O)O. The number of alkyl carbamates (subject to hydrolysis) is 1. The van der Waals surface area contributed by atoms with E-state index in [-0.39, 0.29) is 23.5 Å². The molecule has 9 heteroatoms. The van der Waals surface area contributed by atoms with Crippen molar-refractivity contribution in [1.82, 2.24) is 10.6 Å². The van der Waals surface area contributed by atoms with Gasteiger partial charge in [0.05, 0.1) is 5.75 Å². The summed E-state index contributed by atoms with van der Waals surface area (Å²) in [6, 6.07) is 0. The Labute approximate surface area is 164 Å². The first-order valence-corrected chi connectivity index (χ1v) is 11.4. The maximum absolute atomic E-state index is 11.5. The zero-order chi connectivity index (χ0) is 19.8. The van der Waals surface area contributed by atoms with Crippen LogP contribution in [-0.4, -0.2) is 53.3 Å². The number of carboxylic acid groups (broad SMARTS) is 1. The molecule has 152 valence electrons. The molecular formula is C17H32N2O5S2. The number of carboxylic acids is 1. The molecule has 0 saturated carbocycles. The van der Waals surface area contributed by atoms with Crippen LogP contribution in [0, 0.1) is 0 Å². The van der Waals surface area contributed by atoms with Gasteiger partial charge in [-0.1, -0.05) is 47.3 Å². The Morgan fingerprint density at radius 1 is 0.846 bits per heavy atom. The average molecular weight is 409 g/mol. The zero-order valence-electron chi connectivity index (χ0n) is 16.0. The molecule has 3 N–H and O–H groups in total. The lowest BCUT2D eigenvalue weighted by Gasteiger charge is -2.19. The molecule has 0 aromatic carbocycles. The van der Waals surface area contributed by atoms with E-state index in [1.54, 1.807) is 0 Å². The van der Waals surface area contributed by atoms with Crippen LogP contribution in [0.25, 0.3) is 0 Å². The van der Waals surface area contributed by atoms with Gasteiger partial charge in [0.15, 0.2) is 0 Å². The van der Waals surface area contributed by atoms with Crippen LogP contribution >= 0.6 is 21.6 Å². The number of hydrogen-bond donors (Lipinski definition) is 3. The quantitative estimate of drug-likeness (QED) is 0.299. The third kappa shape index (κ3) is 19.2. The minimum atomic E-state index is -0.872. The molecule has 0 radical (unpaired) electrons. The Morgan fingerprint density at radius 2 is 1.35 bits per heavy atom. The second-order valence-electron chi connectivity index (χ2n) is 6.82. The van der Waals surface area contributed by atoms with Crippen molar-refractivity contribution in [2.24, 2.45) is 0 Å². The molecule has 0 aromatic heterocycles. The largest absolute Gasteiger partial charge is 0.481 e. The maximum Gasteiger partial charge on any atom is 0.407 e. The van der Waals surface area contributed by atoms with E-state index in [1.165, 1.54) is 21.6 Å². The van der Waals surface area contributed by atoms with Crippen molar-refractivity contribution in [3.8, 4) is 0 Å². The smallest absolute Gasteiger partial charge is 0.407 e. The highest BCUT2D eigenvalue weighted by Crippen LogP contribution is 2.19. The van der Waals surface area contributed by atoms with E-state index < -0.39 is 11.6 Å². The molecule has 0 rings (SSSR count). The van der Waals surface area contributed by atoms with E-state index in [0.29, 0.717) is 13.1 Å². The predicted octanol–water partition coefficient (Wildman–Crippen LogP) is 3.43.